The van der Waals surface area contributed by atoms with E-state index in [1.165, 1.54) is 5.56 Å². The van der Waals surface area contributed by atoms with E-state index in [0.717, 1.165) is 37.5 Å². The minimum atomic E-state index is 0.270. The summed E-state index contributed by atoms with van der Waals surface area (Å²) in [5, 5.41) is 3.54. The predicted molar refractivity (Wildman–Crippen MR) is 76.1 cm³/mol. The summed E-state index contributed by atoms with van der Waals surface area (Å²) in [4.78, 5) is 4.47. The zero-order valence-corrected chi connectivity index (χ0v) is 12.0. The fourth-order valence-corrected chi connectivity index (χ4v) is 2.49. The molecule has 1 unspecified atom stereocenters. The lowest BCUT2D eigenvalue weighted by atomic mass is 10.0. The molecule has 0 aliphatic carbocycles. The van der Waals surface area contributed by atoms with E-state index in [1.807, 2.05) is 12.4 Å². The highest BCUT2D eigenvalue weighted by Gasteiger charge is 2.18. The minimum Gasteiger partial charge on any atom is -0.469 e. The van der Waals surface area contributed by atoms with E-state index < -0.39 is 0 Å². The summed E-state index contributed by atoms with van der Waals surface area (Å²) in [6, 6.07) is 2.34. The van der Waals surface area contributed by atoms with Gasteiger partial charge in [-0.25, -0.2) is 4.98 Å². The molecular weight excluding hydrogens is 238 g/mol. The second-order valence-corrected chi connectivity index (χ2v) is 4.60. The first kappa shape index (κ1) is 13.9. The maximum Gasteiger partial charge on any atom is 0.110 e. The van der Waals surface area contributed by atoms with Gasteiger partial charge >= 0.3 is 0 Å². The van der Waals surface area contributed by atoms with Crippen molar-refractivity contribution in [2.45, 2.75) is 46.2 Å². The number of hydrogen-bond acceptors (Lipinski definition) is 3. The van der Waals surface area contributed by atoms with Gasteiger partial charge in [-0.2, -0.15) is 0 Å². The number of nitrogens with one attached hydrogen (secondary N) is 1. The lowest BCUT2D eigenvalue weighted by Gasteiger charge is -2.18. The van der Waals surface area contributed by atoms with Gasteiger partial charge in [-0.1, -0.05) is 13.8 Å². The Hall–Kier alpha value is -1.55. The van der Waals surface area contributed by atoms with E-state index in [9.17, 15) is 0 Å². The van der Waals surface area contributed by atoms with Gasteiger partial charge in [0, 0.05) is 43.4 Å². The summed E-state index contributed by atoms with van der Waals surface area (Å²) >= 11 is 0. The number of nitrogens with zero attached hydrogens (tertiary/aromatic N) is 2. The normalized spacial score (nSPS) is 12.8. The van der Waals surface area contributed by atoms with Gasteiger partial charge in [0.05, 0.1) is 6.26 Å². The predicted octanol–water partition coefficient (Wildman–Crippen LogP) is 2.95. The van der Waals surface area contributed by atoms with Gasteiger partial charge < -0.3 is 14.3 Å². The summed E-state index contributed by atoms with van der Waals surface area (Å²) in [5.41, 5.74) is 1.26. The van der Waals surface area contributed by atoms with Gasteiger partial charge in [-0.15, -0.1) is 0 Å². The molecule has 2 heterocycles. The SMILES string of the molecule is CCNC(Cc1nccn1CC)c1ccoc1CC. The summed E-state index contributed by atoms with van der Waals surface area (Å²) in [6.45, 7) is 8.29. The first-order chi connectivity index (χ1) is 9.30. The number of aryl methyl sites for hydroxylation is 2. The van der Waals surface area contributed by atoms with E-state index in [4.69, 9.17) is 4.42 Å². The number of aromatic nitrogens is 2. The highest BCUT2D eigenvalue weighted by molar-refractivity contribution is 5.23. The zero-order valence-electron chi connectivity index (χ0n) is 12.0. The van der Waals surface area contributed by atoms with E-state index >= 15 is 0 Å². The van der Waals surface area contributed by atoms with Crippen LogP contribution >= 0.6 is 0 Å². The third-order valence-corrected chi connectivity index (χ3v) is 3.46. The van der Waals surface area contributed by atoms with Crippen molar-refractivity contribution in [3.05, 3.63) is 41.9 Å². The Bertz CT molecular complexity index is 501. The average Bonchev–Trinajstić information content (AvgIpc) is 3.06. The Morgan fingerprint density at radius 1 is 1.37 bits per heavy atom. The van der Waals surface area contributed by atoms with Crippen molar-refractivity contribution in [3.63, 3.8) is 0 Å². The number of furan rings is 1. The van der Waals surface area contributed by atoms with Crippen LogP contribution in [-0.2, 0) is 19.4 Å². The number of likely N-dealkylation sites (N-methyl/N-ethyl adjacent to an activating group) is 1. The topological polar surface area (TPSA) is 43.0 Å². The summed E-state index contributed by atoms with van der Waals surface area (Å²) in [7, 11) is 0. The lowest BCUT2D eigenvalue weighted by Crippen LogP contribution is -2.24. The average molecular weight is 261 g/mol. The molecule has 0 saturated heterocycles. The number of imidazole rings is 1. The van der Waals surface area contributed by atoms with Gasteiger partial charge in [0.1, 0.15) is 11.6 Å². The minimum absolute atomic E-state index is 0.270. The van der Waals surface area contributed by atoms with Crippen molar-refractivity contribution in [2.75, 3.05) is 6.54 Å². The Morgan fingerprint density at radius 2 is 2.21 bits per heavy atom. The molecule has 0 fully saturated rings. The van der Waals surface area contributed by atoms with E-state index in [2.05, 4.69) is 41.7 Å². The van der Waals surface area contributed by atoms with Crippen LogP contribution in [0.5, 0.6) is 0 Å². The van der Waals surface area contributed by atoms with Crippen LogP contribution in [0.15, 0.2) is 29.1 Å². The molecule has 0 radical (unpaired) electrons. The molecule has 0 aliphatic rings. The quantitative estimate of drug-likeness (QED) is 0.833. The molecule has 4 nitrogen and oxygen atoms in total. The van der Waals surface area contributed by atoms with Crippen LogP contribution in [0.3, 0.4) is 0 Å². The second kappa shape index (κ2) is 6.57. The fraction of sp³-hybridized carbons (Fsp3) is 0.533. The molecule has 0 bridgehead atoms. The van der Waals surface area contributed by atoms with Crippen molar-refractivity contribution in [2.24, 2.45) is 0 Å². The van der Waals surface area contributed by atoms with Crippen LogP contribution in [0.1, 0.15) is 44.0 Å². The molecule has 0 spiro atoms. The summed E-state index contributed by atoms with van der Waals surface area (Å²) in [6.07, 6.45) is 7.50. The standard InChI is InChI=1S/C15H23N3O/c1-4-14-12(7-10-19-14)13(16-5-2)11-15-17-8-9-18(15)6-3/h7-10,13,16H,4-6,11H2,1-3H3. The third kappa shape index (κ3) is 3.07. The molecule has 4 heteroatoms. The summed E-state index contributed by atoms with van der Waals surface area (Å²) in [5.74, 6) is 2.19. The number of rotatable bonds is 7. The Labute approximate surface area is 114 Å². The van der Waals surface area contributed by atoms with Gasteiger partial charge in [-0.05, 0) is 19.5 Å². The molecule has 2 rings (SSSR count). The molecule has 2 aromatic heterocycles. The van der Waals surface area contributed by atoms with Crippen LogP contribution in [0, 0.1) is 0 Å². The van der Waals surface area contributed by atoms with Crippen molar-refractivity contribution in [1.29, 1.82) is 0 Å². The molecule has 0 amide bonds. The van der Waals surface area contributed by atoms with E-state index in [-0.39, 0.29) is 6.04 Å². The molecule has 1 atom stereocenters. The maximum atomic E-state index is 5.55. The van der Waals surface area contributed by atoms with Crippen molar-refractivity contribution >= 4 is 0 Å². The van der Waals surface area contributed by atoms with Crippen molar-refractivity contribution in [1.82, 2.24) is 14.9 Å². The van der Waals surface area contributed by atoms with Gasteiger partial charge in [-0.3, -0.25) is 0 Å². The van der Waals surface area contributed by atoms with E-state index in [0.29, 0.717) is 0 Å². The molecule has 0 aromatic carbocycles. The van der Waals surface area contributed by atoms with Crippen LogP contribution in [0.4, 0.5) is 0 Å². The number of hydrogen-bond donors (Lipinski definition) is 1. The van der Waals surface area contributed by atoms with Gasteiger partial charge in [0.15, 0.2) is 0 Å². The first-order valence-corrected chi connectivity index (χ1v) is 7.09. The van der Waals surface area contributed by atoms with Crippen molar-refractivity contribution in [3.8, 4) is 0 Å². The Balaban J connectivity index is 2.21. The fourth-order valence-electron chi connectivity index (χ4n) is 2.49. The van der Waals surface area contributed by atoms with E-state index in [1.54, 1.807) is 6.26 Å². The molecule has 104 valence electrons. The largest absolute Gasteiger partial charge is 0.469 e. The maximum absolute atomic E-state index is 5.55. The smallest absolute Gasteiger partial charge is 0.110 e. The van der Waals surface area contributed by atoms with Gasteiger partial charge in [0.25, 0.3) is 0 Å². The molecule has 2 aromatic rings. The van der Waals surface area contributed by atoms with Crippen LogP contribution in [0.2, 0.25) is 0 Å². The molecule has 0 saturated carbocycles. The molecule has 1 N–H and O–H groups in total. The molecular formula is C15H23N3O. The Kier molecular flexibility index (Phi) is 4.80. The van der Waals surface area contributed by atoms with Crippen LogP contribution < -0.4 is 5.32 Å². The monoisotopic (exact) mass is 261 g/mol. The highest BCUT2D eigenvalue weighted by atomic mass is 16.3. The highest BCUT2D eigenvalue weighted by Crippen LogP contribution is 2.23. The first-order valence-electron chi connectivity index (χ1n) is 7.09. The van der Waals surface area contributed by atoms with Crippen LogP contribution in [0.25, 0.3) is 0 Å². The second-order valence-electron chi connectivity index (χ2n) is 4.60. The molecule has 19 heavy (non-hydrogen) atoms. The lowest BCUT2D eigenvalue weighted by molar-refractivity contribution is 0.479. The van der Waals surface area contributed by atoms with Crippen LogP contribution in [-0.4, -0.2) is 16.1 Å². The van der Waals surface area contributed by atoms with Crippen molar-refractivity contribution < 1.29 is 4.42 Å². The zero-order chi connectivity index (χ0) is 13.7. The Morgan fingerprint density at radius 3 is 2.89 bits per heavy atom. The summed E-state index contributed by atoms with van der Waals surface area (Å²) < 4.78 is 7.74. The molecule has 0 aliphatic heterocycles. The third-order valence-electron chi connectivity index (χ3n) is 3.46. The van der Waals surface area contributed by atoms with Gasteiger partial charge in [0.2, 0.25) is 0 Å².